The van der Waals surface area contributed by atoms with Crippen molar-refractivity contribution in [3.8, 4) is 0 Å². The molecule has 1 aromatic rings. The largest absolute Gasteiger partial charge is 0.317 e. The maximum atomic E-state index is 4.34. The summed E-state index contributed by atoms with van der Waals surface area (Å²) in [5.41, 5.74) is 0. The molecule has 0 spiro atoms. The summed E-state index contributed by atoms with van der Waals surface area (Å²) in [4.78, 5) is 6.79. The van der Waals surface area contributed by atoms with Crippen molar-refractivity contribution < 1.29 is 0 Å². The van der Waals surface area contributed by atoms with Gasteiger partial charge in [0.25, 0.3) is 0 Å². The van der Waals surface area contributed by atoms with Crippen LogP contribution in [0.2, 0.25) is 0 Å². The molecule has 1 unspecified atom stereocenters. The van der Waals surface area contributed by atoms with Crippen molar-refractivity contribution in [3.63, 3.8) is 0 Å². The first-order chi connectivity index (χ1) is 7.36. The van der Waals surface area contributed by atoms with E-state index in [1.807, 2.05) is 6.20 Å². The second-order valence-electron chi connectivity index (χ2n) is 4.18. The van der Waals surface area contributed by atoms with Crippen molar-refractivity contribution >= 4 is 23.7 Å². The molecule has 0 aliphatic carbocycles. The van der Waals surface area contributed by atoms with Crippen LogP contribution in [-0.4, -0.2) is 36.1 Å². The van der Waals surface area contributed by atoms with Crippen molar-refractivity contribution in [2.24, 2.45) is 0 Å². The molecule has 2 heterocycles. The van der Waals surface area contributed by atoms with E-state index >= 15 is 0 Å². The maximum Gasteiger partial charge on any atom is 0.107 e. The molecule has 1 fully saturated rings. The van der Waals surface area contributed by atoms with Crippen LogP contribution in [0.4, 0.5) is 0 Å². The van der Waals surface area contributed by atoms with Gasteiger partial charge in [-0.2, -0.15) is 0 Å². The van der Waals surface area contributed by atoms with Gasteiger partial charge in [-0.05, 0) is 39.4 Å². The number of aromatic nitrogens is 1. The lowest BCUT2D eigenvalue weighted by molar-refractivity contribution is 0.216. The molecule has 1 atom stereocenters. The van der Waals surface area contributed by atoms with Crippen molar-refractivity contribution in [1.29, 1.82) is 0 Å². The minimum absolute atomic E-state index is 0. The van der Waals surface area contributed by atoms with Gasteiger partial charge < -0.3 is 5.32 Å². The zero-order valence-corrected chi connectivity index (χ0v) is 11.3. The predicted octanol–water partition coefficient (Wildman–Crippen LogP) is 2.14. The van der Waals surface area contributed by atoms with Crippen molar-refractivity contribution in [1.82, 2.24) is 15.2 Å². The SMILES string of the molecule is CN(Cc1nccs1)C1CCCNCC1.Cl. The molecule has 1 saturated heterocycles. The normalized spacial score (nSPS) is 21.5. The summed E-state index contributed by atoms with van der Waals surface area (Å²) in [5.74, 6) is 0. The summed E-state index contributed by atoms with van der Waals surface area (Å²) in [6.07, 6.45) is 5.77. The number of nitrogens with one attached hydrogen (secondary N) is 1. The number of hydrogen-bond donors (Lipinski definition) is 1. The Morgan fingerprint density at radius 1 is 1.50 bits per heavy atom. The van der Waals surface area contributed by atoms with Crippen LogP contribution in [0.1, 0.15) is 24.3 Å². The molecule has 0 aromatic carbocycles. The summed E-state index contributed by atoms with van der Waals surface area (Å²) in [5, 5.41) is 6.74. The number of nitrogens with zero attached hydrogens (tertiary/aromatic N) is 2. The smallest absolute Gasteiger partial charge is 0.107 e. The molecule has 1 aliphatic rings. The Morgan fingerprint density at radius 2 is 2.38 bits per heavy atom. The van der Waals surface area contributed by atoms with Gasteiger partial charge in [0.2, 0.25) is 0 Å². The number of thiazole rings is 1. The van der Waals surface area contributed by atoms with Crippen molar-refractivity contribution in [3.05, 3.63) is 16.6 Å². The highest BCUT2D eigenvalue weighted by Crippen LogP contribution is 2.15. The van der Waals surface area contributed by atoms with E-state index in [0.717, 1.165) is 19.1 Å². The van der Waals surface area contributed by atoms with Gasteiger partial charge in [0.05, 0.1) is 6.54 Å². The first kappa shape index (κ1) is 13.9. The molecule has 92 valence electrons. The first-order valence-electron chi connectivity index (χ1n) is 5.65. The molecule has 1 aromatic heterocycles. The average Bonchev–Trinajstić information content (AvgIpc) is 2.58. The third-order valence-corrected chi connectivity index (χ3v) is 3.80. The highest BCUT2D eigenvalue weighted by Gasteiger charge is 2.17. The molecular weight excluding hydrogens is 242 g/mol. The minimum atomic E-state index is 0. The average molecular weight is 262 g/mol. The standard InChI is InChI=1S/C11H19N3S.ClH/c1-14(9-11-13-7-8-15-11)10-3-2-5-12-6-4-10;/h7-8,10,12H,2-6,9H2,1H3;1H. The van der Waals surface area contributed by atoms with Crippen LogP contribution in [0.5, 0.6) is 0 Å². The van der Waals surface area contributed by atoms with Gasteiger partial charge in [0, 0.05) is 17.6 Å². The topological polar surface area (TPSA) is 28.2 Å². The Balaban J connectivity index is 0.00000128. The fourth-order valence-corrected chi connectivity index (χ4v) is 2.79. The number of rotatable bonds is 3. The lowest BCUT2D eigenvalue weighted by atomic mass is 10.1. The maximum absolute atomic E-state index is 4.34. The molecule has 0 saturated carbocycles. The summed E-state index contributed by atoms with van der Waals surface area (Å²) in [7, 11) is 2.22. The zero-order valence-electron chi connectivity index (χ0n) is 9.69. The Morgan fingerprint density at radius 3 is 3.12 bits per heavy atom. The molecule has 0 bridgehead atoms. The Labute approximate surface area is 108 Å². The molecule has 0 amide bonds. The van der Waals surface area contributed by atoms with Crippen LogP contribution >= 0.6 is 23.7 Å². The lowest BCUT2D eigenvalue weighted by Gasteiger charge is -2.25. The van der Waals surface area contributed by atoms with Gasteiger partial charge in [0.15, 0.2) is 0 Å². The second-order valence-corrected chi connectivity index (χ2v) is 5.15. The van der Waals surface area contributed by atoms with Crippen LogP contribution in [0.15, 0.2) is 11.6 Å². The molecule has 5 heteroatoms. The fourth-order valence-electron chi connectivity index (χ4n) is 2.11. The summed E-state index contributed by atoms with van der Waals surface area (Å²) in [6, 6.07) is 0.726. The molecule has 3 nitrogen and oxygen atoms in total. The third-order valence-electron chi connectivity index (χ3n) is 3.04. The van der Waals surface area contributed by atoms with Crippen LogP contribution < -0.4 is 5.32 Å². The van der Waals surface area contributed by atoms with Gasteiger partial charge in [-0.15, -0.1) is 23.7 Å². The Hall–Kier alpha value is -0.160. The van der Waals surface area contributed by atoms with Gasteiger partial charge in [0.1, 0.15) is 5.01 Å². The van der Waals surface area contributed by atoms with E-state index in [-0.39, 0.29) is 12.4 Å². The second kappa shape index (κ2) is 7.22. The van der Waals surface area contributed by atoms with E-state index in [0.29, 0.717) is 0 Å². The van der Waals surface area contributed by atoms with Crippen LogP contribution in [0.3, 0.4) is 0 Å². The molecular formula is C11H20ClN3S. The Kier molecular flexibility index (Phi) is 6.28. The van der Waals surface area contributed by atoms with Crippen LogP contribution in [0.25, 0.3) is 0 Å². The highest BCUT2D eigenvalue weighted by molar-refractivity contribution is 7.09. The van der Waals surface area contributed by atoms with Gasteiger partial charge in [-0.3, -0.25) is 4.90 Å². The van der Waals surface area contributed by atoms with E-state index in [9.17, 15) is 0 Å². The molecule has 0 radical (unpaired) electrons. The predicted molar refractivity (Wildman–Crippen MR) is 71.3 cm³/mol. The van der Waals surface area contributed by atoms with Crippen molar-refractivity contribution in [2.45, 2.75) is 31.8 Å². The van der Waals surface area contributed by atoms with Gasteiger partial charge in [-0.25, -0.2) is 4.98 Å². The van der Waals surface area contributed by atoms with Gasteiger partial charge >= 0.3 is 0 Å². The summed E-state index contributed by atoms with van der Waals surface area (Å²) in [6.45, 7) is 3.34. The fraction of sp³-hybridized carbons (Fsp3) is 0.727. The number of halogens is 1. The van der Waals surface area contributed by atoms with E-state index < -0.39 is 0 Å². The minimum Gasteiger partial charge on any atom is -0.317 e. The molecule has 16 heavy (non-hydrogen) atoms. The quantitative estimate of drug-likeness (QED) is 0.904. The molecule has 1 aliphatic heterocycles. The highest BCUT2D eigenvalue weighted by atomic mass is 35.5. The lowest BCUT2D eigenvalue weighted by Crippen LogP contribution is -2.31. The molecule has 1 N–H and O–H groups in total. The third kappa shape index (κ3) is 4.01. The van der Waals surface area contributed by atoms with E-state index in [4.69, 9.17) is 0 Å². The van der Waals surface area contributed by atoms with Crippen LogP contribution in [0, 0.1) is 0 Å². The first-order valence-corrected chi connectivity index (χ1v) is 6.53. The van der Waals surface area contributed by atoms with Gasteiger partial charge in [-0.1, -0.05) is 0 Å². The number of hydrogen-bond acceptors (Lipinski definition) is 4. The van der Waals surface area contributed by atoms with E-state index in [1.54, 1.807) is 11.3 Å². The van der Waals surface area contributed by atoms with E-state index in [1.165, 1.54) is 30.8 Å². The molecule has 2 rings (SSSR count). The van der Waals surface area contributed by atoms with Crippen molar-refractivity contribution in [2.75, 3.05) is 20.1 Å². The summed E-state index contributed by atoms with van der Waals surface area (Å²) >= 11 is 1.75. The summed E-state index contributed by atoms with van der Waals surface area (Å²) < 4.78 is 0. The van der Waals surface area contributed by atoms with E-state index in [2.05, 4.69) is 27.6 Å². The van der Waals surface area contributed by atoms with Crippen LogP contribution in [-0.2, 0) is 6.54 Å². The Bertz CT molecular complexity index is 271. The monoisotopic (exact) mass is 261 g/mol. The zero-order chi connectivity index (χ0) is 10.5.